The summed E-state index contributed by atoms with van der Waals surface area (Å²) < 4.78 is 36.7. The Hall–Kier alpha value is -1.77. The molecule has 0 bridgehead atoms. The number of alkyl halides is 3. The largest absolute Gasteiger partial charge is 0.401 e. The molecule has 2 rings (SSSR count). The van der Waals surface area contributed by atoms with E-state index in [1.807, 2.05) is 4.90 Å². The zero-order chi connectivity index (χ0) is 14.0. The van der Waals surface area contributed by atoms with Crippen LogP contribution < -0.4 is 16.2 Å². The number of nitrogens with two attached hydrogens (primary N) is 1. The van der Waals surface area contributed by atoms with Crippen LogP contribution in [-0.4, -0.2) is 53.7 Å². The first-order valence-corrected chi connectivity index (χ1v) is 5.79. The Morgan fingerprint density at radius 1 is 1.21 bits per heavy atom. The number of hydrogen-bond donors (Lipinski definition) is 2. The highest BCUT2D eigenvalue weighted by molar-refractivity contribution is 5.37. The van der Waals surface area contributed by atoms with Crippen molar-refractivity contribution in [2.75, 3.05) is 43.5 Å². The third-order valence-corrected chi connectivity index (χ3v) is 2.95. The van der Waals surface area contributed by atoms with Gasteiger partial charge < -0.3 is 10.7 Å². The van der Waals surface area contributed by atoms with E-state index < -0.39 is 12.7 Å². The molecule has 2 heterocycles. The maximum atomic E-state index is 12.2. The van der Waals surface area contributed by atoms with E-state index in [9.17, 15) is 13.2 Å². The van der Waals surface area contributed by atoms with Gasteiger partial charge in [0.2, 0.25) is 0 Å². The molecule has 1 aromatic heterocycles. The molecular weight excluding hydrogens is 261 g/mol. The number of anilines is 1. The lowest BCUT2D eigenvalue weighted by Gasteiger charge is -2.35. The molecule has 0 atom stereocenters. The van der Waals surface area contributed by atoms with Crippen LogP contribution >= 0.6 is 0 Å². The van der Waals surface area contributed by atoms with E-state index in [1.165, 1.54) is 11.0 Å². The second-order valence-corrected chi connectivity index (χ2v) is 4.40. The van der Waals surface area contributed by atoms with Gasteiger partial charge in [-0.25, -0.2) is 0 Å². The van der Waals surface area contributed by atoms with E-state index in [2.05, 4.69) is 5.10 Å². The maximum Gasteiger partial charge on any atom is 0.401 e. The monoisotopic (exact) mass is 276 g/mol. The molecule has 1 aliphatic rings. The molecule has 9 heteroatoms. The van der Waals surface area contributed by atoms with E-state index in [-0.39, 0.29) is 5.49 Å². The topological polar surface area (TPSA) is 74.2 Å². The summed E-state index contributed by atoms with van der Waals surface area (Å²) in [5.41, 5.74) is 0.0689. The molecule has 1 aliphatic heterocycles. The minimum atomic E-state index is -4.16. The van der Waals surface area contributed by atoms with Crippen molar-refractivity contribution in [1.82, 2.24) is 14.8 Å². The molecule has 0 aliphatic carbocycles. The lowest BCUT2D eigenvalue weighted by molar-refractivity contribution is -0.146. The molecule has 0 aromatic carbocycles. The molecule has 0 unspecified atom stereocenters. The highest BCUT2D eigenvalue weighted by Gasteiger charge is 2.32. The molecule has 0 spiro atoms. The lowest BCUT2D eigenvalue weighted by Crippen LogP contribution is -2.49. The van der Waals surface area contributed by atoms with Crippen LogP contribution in [0.3, 0.4) is 0 Å². The van der Waals surface area contributed by atoms with E-state index >= 15 is 0 Å². The van der Waals surface area contributed by atoms with Gasteiger partial charge >= 0.3 is 6.18 Å². The predicted octanol–water partition coefficient (Wildman–Crippen LogP) is -0.239. The van der Waals surface area contributed by atoms with Crippen LogP contribution in [0.4, 0.5) is 19.0 Å². The highest BCUT2D eigenvalue weighted by atomic mass is 19.4. The van der Waals surface area contributed by atoms with Gasteiger partial charge in [-0.05, 0) is 12.1 Å². The molecule has 6 nitrogen and oxygen atoms in total. The van der Waals surface area contributed by atoms with Gasteiger partial charge in [0.25, 0.3) is 0 Å². The summed E-state index contributed by atoms with van der Waals surface area (Å²) in [6.45, 7) is 0.695. The minimum Gasteiger partial charge on any atom is -0.353 e. The summed E-state index contributed by atoms with van der Waals surface area (Å²) in [6.07, 6.45) is -4.16. The Bertz CT molecular complexity index is 489. The molecule has 1 aromatic rings. The Labute approximate surface area is 107 Å². The van der Waals surface area contributed by atoms with Gasteiger partial charge in [0, 0.05) is 26.2 Å². The predicted molar refractivity (Wildman–Crippen MR) is 62.9 cm³/mol. The number of halogens is 3. The molecule has 0 amide bonds. The van der Waals surface area contributed by atoms with Gasteiger partial charge in [-0.2, -0.15) is 18.0 Å². The van der Waals surface area contributed by atoms with Gasteiger partial charge in [-0.15, -0.1) is 5.10 Å². The van der Waals surface area contributed by atoms with Crippen LogP contribution in [0, 0.1) is 5.41 Å². The fraction of sp³-hybridized carbons (Fsp3) is 0.600. The second kappa shape index (κ2) is 5.08. The fourth-order valence-corrected chi connectivity index (χ4v) is 1.98. The SMILES string of the molecule is N=c1ccc(N2CCN(CC(F)(F)F)CC2)nn1N. The zero-order valence-corrected chi connectivity index (χ0v) is 10.2. The van der Waals surface area contributed by atoms with Crippen LogP contribution in [-0.2, 0) is 0 Å². The first kappa shape index (κ1) is 13.7. The third-order valence-electron chi connectivity index (χ3n) is 2.95. The van der Waals surface area contributed by atoms with Crippen molar-refractivity contribution >= 4 is 5.82 Å². The van der Waals surface area contributed by atoms with Crippen molar-refractivity contribution in [2.24, 2.45) is 0 Å². The molecule has 3 N–H and O–H groups in total. The zero-order valence-electron chi connectivity index (χ0n) is 10.2. The number of nitrogen functional groups attached to an aromatic ring is 1. The van der Waals surface area contributed by atoms with Gasteiger partial charge in [0.1, 0.15) is 0 Å². The van der Waals surface area contributed by atoms with E-state index in [0.717, 1.165) is 4.79 Å². The number of rotatable bonds is 2. The molecular formula is C10H15F3N6. The Balaban J connectivity index is 1.96. The first-order chi connectivity index (χ1) is 8.85. The Morgan fingerprint density at radius 3 is 2.37 bits per heavy atom. The molecule has 19 heavy (non-hydrogen) atoms. The van der Waals surface area contributed by atoms with Gasteiger partial charge in [-0.1, -0.05) is 0 Å². The third kappa shape index (κ3) is 3.60. The second-order valence-electron chi connectivity index (χ2n) is 4.40. The first-order valence-electron chi connectivity index (χ1n) is 5.79. The van der Waals surface area contributed by atoms with Crippen LogP contribution in [0.1, 0.15) is 0 Å². The van der Waals surface area contributed by atoms with Crippen molar-refractivity contribution < 1.29 is 13.2 Å². The molecule has 0 radical (unpaired) electrons. The molecule has 0 saturated carbocycles. The van der Waals surface area contributed by atoms with Crippen LogP contribution in [0.5, 0.6) is 0 Å². The van der Waals surface area contributed by atoms with Crippen LogP contribution in [0.15, 0.2) is 12.1 Å². The summed E-state index contributed by atoms with van der Waals surface area (Å²) in [7, 11) is 0. The number of hydrogen-bond acceptors (Lipinski definition) is 5. The standard InChI is InChI=1S/C10H15F3N6/c11-10(12,13)7-17-3-5-18(6-4-17)9-2-1-8(14)19(15)16-9/h1-2,14H,3-7,15H2. The summed E-state index contributed by atoms with van der Waals surface area (Å²) in [6, 6.07) is 3.15. The molecule has 1 fully saturated rings. The van der Waals surface area contributed by atoms with Gasteiger partial charge in [-0.3, -0.25) is 10.3 Å². The highest BCUT2D eigenvalue weighted by Crippen LogP contribution is 2.18. The Morgan fingerprint density at radius 2 is 1.84 bits per heavy atom. The van der Waals surface area contributed by atoms with Crippen LogP contribution in [0.25, 0.3) is 0 Å². The van der Waals surface area contributed by atoms with Crippen molar-refractivity contribution in [3.63, 3.8) is 0 Å². The summed E-state index contributed by atoms with van der Waals surface area (Å²) in [5.74, 6) is 6.04. The smallest absolute Gasteiger partial charge is 0.353 e. The quantitative estimate of drug-likeness (QED) is 0.731. The van der Waals surface area contributed by atoms with Crippen molar-refractivity contribution in [3.8, 4) is 0 Å². The van der Waals surface area contributed by atoms with Crippen molar-refractivity contribution in [2.45, 2.75) is 6.18 Å². The van der Waals surface area contributed by atoms with Crippen molar-refractivity contribution in [3.05, 3.63) is 17.6 Å². The summed E-state index contributed by atoms with van der Waals surface area (Å²) >= 11 is 0. The van der Waals surface area contributed by atoms with E-state index in [1.54, 1.807) is 6.07 Å². The lowest BCUT2D eigenvalue weighted by atomic mass is 10.3. The number of nitrogens with zero attached hydrogens (tertiary/aromatic N) is 4. The van der Waals surface area contributed by atoms with Crippen LogP contribution in [0.2, 0.25) is 0 Å². The van der Waals surface area contributed by atoms with Crippen molar-refractivity contribution in [1.29, 1.82) is 5.41 Å². The summed E-state index contributed by atoms with van der Waals surface area (Å²) in [5, 5.41) is 11.4. The average Bonchev–Trinajstić information content (AvgIpc) is 2.32. The molecule has 106 valence electrons. The minimum absolute atomic E-state index is 0.0689. The number of nitrogens with one attached hydrogen (secondary N) is 1. The van der Waals surface area contributed by atoms with E-state index in [4.69, 9.17) is 11.3 Å². The Kier molecular flexibility index (Phi) is 3.65. The maximum absolute atomic E-state index is 12.2. The normalized spacial score (nSPS) is 17.7. The van der Waals surface area contributed by atoms with Gasteiger partial charge in [0.15, 0.2) is 11.3 Å². The number of piperazine rings is 1. The summed E-state index contributed by atoms with van der Waals surface area (Å²) in [4.78, 5) is 4.17. The molecule has 1 saturated heterocycles. The average molecular weight is 276 g/mol. The van der Waals surface area contributed by atoms with E-state index in [0.29, 0.717) is 32.0 Å². The number of aromatic nitrogens is 2. The fourth-order valence-electron chi connectivity index (χ4n) is 1.98. The van der Waals surface area contributed by atoms with Gasteiger partial charge in [0.05, 0.1) is 6.54 Å².